The van der Waals surface area contributed by atoms with Crippen LogP contribution >= 0.6 is 12.8 Å². The summed E-state index contributed by atoms with van der Waals surface area (Å²) in [5.41, 5.74) is 3.02. The lowest BCUT2D eigenvalue weighted by Crippen LogP contribution is -2.40. The number of para-hydroxylation sites is 2. The van der Waals surface area contributed by atoms with Gasteiger partial charge in [0.05, 0.1) is 51.5 Å². The number of alkyl halides is 2. The molecule has 0 spiro atoms. The lowest BCUT2D eigenvalue weighted by molar-refractivity contribution is -0.121. The third-order valence-corrected chi connectivity index (χ3v) is 9.21. The molecule has 12 nitrogen and oxygen atoms in total. The molecule has 0 saturated carbocycles. The highest BCUT2D eigenvalue weighted by Crippen LogP contribution is 2.27. The van der Waals surface area contributed by atoms with E-state index in [9.17, 15) is 40.7 Å². The Morgan fingerprint density at radius 3 is 1.72 bits per heavy atom. The van der Waals surface area contributed by atoms with Crippen LogP contribution in [0.1, 0.15) is 43.9 Å². The van der Waals surface area contributed by atoms with E-state index in [1.807, 2.05) is 51.9 Å². The Labute approximate surface area is 393 Å². The second-order valence-electron chi connectivity index (χ2n) is 13.4. The van der Waals surface area contributed by atoms with Crippen molar-refractivity contribution in [2.75, 3.05) is 68.0 Å². The first-order valence-corrected chi connectivity index (χ1v) is 21.1. The molecule has 0 radical (unpaired) electrons. The number of amides is 3. The fourth-order valence-electron chi connectivity index (χ4n) is 5.85. The number of thiol groups is 1. The number of hydrogen-bond acceptors (Lipinski definition) is 10. The Kier molecular flexibility index (Phi) is 29.1. The topological polar surface area (TPSA) is 150 Å². The Hall–Kier alpha value is -6.89. The highest BCUT2D eigenvalue weighted by Gasteiger charge is 2.20. The standard InChI is InChI=1S/C29H30F6N4O2S.C8H9NO2.C8H11NO.C2H6.CH2O/c30-7-5-24(11-18-9-20(32)14-21(33)10-18)37-28(40)16-36-26-3-1-2-4-27(26)39(42)17-29(41)38-25(6-8-31)19-12-22(34)15-23(35)13-19;1-11-8-4-2-7(3-5-8)9-6-10;1-9-7-3-5-8(10-2)6-4-7;2*1-2/h1-4,9-10,12-15,24-25,36,42H,5-8,11,16-17H2,(H,37,40)(H,38,41);2-6H,1H3,(H,9,10);3-6,9H,1-2H3;1-2H3;1H2/t24-,25?;;;;/m1..../s1. The first kappa shape index (κ1) is 58.1. The zero-order valence-corrected chi connectivity index (χ0v) is 38.8. The number of halogens is 6. The number of nitrogens with one attached hydrogen (secondary N) is 5. The maximum Gasteiger partial charge on any atom is 0.241 e. The molecule has 0 bridgehead atoms. The summed E-state index contributed by atoms with van der Waals surface area (Å²) in [6.07, 6.45) is 0.394. The fourth-order valence-corrected chi connectivity index (χ4v) is 6.16. The highest BCUT2D eigenvalue weighted by molar-refractivity contribution is 7.81. The second kappa shape index (κ2) is 33.6. The molecule has 3 amide bonds. The molecule has 0 fully saturated rings. The van der Waals surface area contributed by atoms with Gasteiger partial charge in [0.2, 0.25) is 18.2 Å². The molecule has 5 N–H and O–H groups in total. The van der Waals surface area contributed by atoms with E-state index in [-0.39, 0.29) is 43.5 Å². The SMILES string of the molecule is C=O.CC.CNc1ccc(OC)cc1.COc1ccc(NC=O)cc1.O=C(CN(S)c1ccccc1NCC(=O)N[C@H](CCF)Cc1cc(F)cc(F)c1)NC(CCF)c1cc(F)cc(F)c1. The van der Waals surface area contributed by atoms with Crippen molar-refractivity contribution in [2.45, 2.75) is 45.2 Å². The summed E-state index contributed by atoms with van der Waals surface area (Å²) >= 11 is 4.36. The normalized spacial score (nSPS) is 10.7. The number of carbonyl (C=O) groups excluding carboxylic acids is 4. The van der Waals surface area contributed by atoms with Crippen LogP contribution in [0.5, 0.6) is 11.5 Å². The molecular formula is C48H58F6N6O6S. The zero-order chi connectivity index (χ0) is 50.1. The van der Waals surface area contributed by atoms with Crippen molar-refractivity contribution in [1.29, 1.82) is 0 Å². The lowest BCUT2D eigenvalue weighted by atomic mass is 10.0. The minimum Gasteiger partial charge on any atom is -0.497 e. The number of hydrogen-bond donors (Lipinski definition) is 6. The minimum absolute atomic E-state index is 0.0200. The molecule has 0 aromatic heterocycles. The summed E-state index contributed by atoms with van der Waals surface area (Å²) < 4.78 is 91.8. The van der Waals surface area contributed by atoms with Crippen LogP contribution in [0, 0.1) is 23.3 Å². The van der Waals surface area contributed by atoms with E-state index >= 15 is 0 Å². The summed E-state index contributed by atoms with van der Waals surface area (Å²) in [4.78, 5) is 43.3. The predicted molar refractivity (Wildman–Crippen MR) is 255 cm³/mol. The Balaban J connectivity index is 0.000000724. The number of carbonyl (C=O) groups is 4. The number of rotatable bonds is 20. The molecule has 1 unspecified atom stereocenters. The number of nitrogens with zero attached hydrogens (tertiary/aromatic N) is 1. The molecule has 0 aliphatic rings. The molecular weight excluding hydrogens is 903 g/mol. The van der Waals surface area contributed by atoms with Crippen LogP contribution in [0.3, 0.4) is 0 Å². The maximum atomic E-state index is 13.7. The molecule has 0 heterocycles. The van der Waals surface area contributed by atoms with Crippen LogP contribution in [0.15, 0.2) is 109 Å². The summed E-state index contributed by atoms with van der Waals surface area (Å²) in [5, 5.41) is 13.7. The predicted octanol–water partition coefficient (Wildman–Crippen LogP) is 9.45. The first-order valence-electron chi connectivity index (χ1n) is 20.7. The Bertz CT molecular complexity index is 2130. The van der Waals surface area contributed by atoms with Crippen molar-refractivity contribution in [3.05, 3.63) is 144 Å². The van der Waals surface area contributed by atoms with Gasteiger partial charge in [-0.25, -0.2) is 17.6 Å². The molecule has 0 saturated heterocycles. The van der Waals surface area contributed by atoms with Gasteiger partial charge in [0, 0.05) is 43.0 Å². The van der Waals surface area contributed by atoms with Crippen molar-refractivity contribution >= 4 is 60.6 Å². The average molecular weight is 961 g/mol. The van der Waals surface area contributed by atoms with Gasteiger partial charge in [0.15, 0.2) is 0 Å². The van der Waals surface area contributed by atoms with Gasteiger partial charge >= 0.3 is 0 Å². The van der Waals surface area contributed by atoms with E-state index in [2.05, 4.69) is 39.4 Å². The van der Waals surface area contributed by atoms with Crippen LogP contribution in [0.2, 0.25) is 0 Å². The number of methoxy groups -OCH3 is 2. The smallest absolute Gasteiger partial charge is 0.241 e. The summed E-state index contributed by atoms with van der Waals surface area (Å²) in [6, 6.07) is 25.4. The van der Waals surface area contributed by atoms with Gasteiger partial charge in [0.1, 0.15) is 48.1 Å². The Morgan fingerprint density at radius 1 is 0.716 bits per heavy atom. The Morgan fingerprint density at radius 2 is 1.22 bits per heavy atom. The summed E-state index contributed by atoms with van der Waals surface area (Å²) in [5.74, 6) is -2.73. The van der Waals surface area contributed by atoms with Gasteiger partial charge in [-0.05, 0) is 109 Å². The van der Waals surface area contributed by atoms with Gasteiger partial charge in [-0.1, -0.05) is 38.8 Å². The molecule has 0 aliphatic heterocycles. The van der Waals surface area contributed by atoms with Crippen LogP contribution in [0.25, 0.3) is 0 Å². The third kappa shape index (κ3) is 22.7. The van der Waals surface area contributed by atoms with Crippen LogP contribution in [-0.4, -0.2) is 78.8 Å². The van der Waals surface area contributed by atoms with Crippen LogP contribution in [0.4, 0.5) is 49.1 Å². The van der Waals surface area contributed by atoms with E-state index in [4.69, 9.17) is 14.3 Å². The van der Waals surface area contributed by atoms with Gasteiger partial charge in [-0.2, -0.15) is 0 Å². The molecule has 2 atom stereocenters. The van der Waals surface area contributed by atoms with E-state index in [0.29, 0.717) is 23.9 Å². The van der Waals surface area contributed by atoms with E-state index < -0.39 is 60.5 Å². The van der Waals surface area contributed by atoms with Gasteiger partial charge < -0.3 is 45.2 Å². The molecule has 0 aliphatic carbocycles. The fraction of sp³-hybridized carbons (Fsp3) is 0.292. The second-order valence-corrected chi connectivity index (χ2v) is 13.9. The van der Waals surface area contributed by atoms with Gasteiger partial charge in [0.25, 0.3) is 0 Å². The quantitative estimate of drug-likeness (QED) is 0.0255. The largest absolute Gasteiger partial charge is 0.497 e. The number of ether oxygens (including phenoxy) is 2. The monoisotopic (exact) mass is 960 g/mol. The number of anilines is 4. The first-order chi connectivity index (χ1) is 32.3. The molecule has 364 valence electrons. The molecule has 5 aromatic rings. The molecule has 67 heavy (non-hydrogen) atoms. The zero-order valence-electron chi connectivity index (χ0n) is 37.9. The average Bonchev–Trinajstić information content (AvgIpc) is 3.32. The molecule has 5 rings (SSSR count). The van der Waals surface area contributed by atoms with Crippen LogP contribution < -0.4 is 40.4 Å². The van der Waals surface area contributed by atoms with Gasteiger partial charge in [-0.15, -0.1) is 0 Å². The van der Waals surface area contributed by atoms with Crippen molar-refractivity contribution in [3.63, 3.8) is 0 Å². The van der Waals surface area contributed by atoms with Crippen molar-refractivity contribution in [2.24, 2.45) is 0 Å². The minimum atomic E-state index is -0.979. The summed E-state index contributed by atoms with van der Waals surface area (Å²) in [6.45, 7) is 3.82. The maximum absolute atomic E-state index is 13.7. The number of benzene rings is 5. The van der Waals surface area contributed by atoms with Crippen molar-refractivity contribution in [3.8, 4) is 11.5 Å². The van der Waals surface area contributed by atoms with Gasteiger partial charge in [-0.3, -0.25) is 23.2 Å². The molecule has 19 heteroatoms. The highest BCUT2D eigenvalue weighted by atomic mass is 32.1. The van der Waals surface area contributed by atoms with E-state index in [0.717, 1.165) is 53.2 Å². The van der Waals surface area contributed by atoms with E-state index in [1.54, 1.807) is 62.8 Å². The van der Waals surface area contributed by atoms with Crippen LogP contribution in [-0.2, 0) is 25.6 Å². The lowest BCUT2D eigenvalue weighted by Gasteiger charge is -2.24. The van der Waals surface area contributed by atoms with Crippen molar-refractivity contribution < 1.29 is 55.0 Å². The molecule has 5 aromatic carbocycles. The third-order valence-electron chi connectivity index (χ3n) is 8.86. The van der Waals surface area contributed by atoms with E-state index in [1.165, 1.54) is 4.31 Å². The summed E-state index contributed by atoms with van der Waals surface area (Å²) in [7, 11) is 5.15. The van der Waals surface area contributed by atoms with Crippen molar-refractivity contribution in [1.82, 2.24) is 10.6 Å².